The predicted molar refractivity (Wildman–Crippen MR) is 104 cm³/mol. The minimum atomic E-state index is -2.59. The maximum absolute atomic E-state index is 13.4. The van der Waals surface area contributed by atoms with Crippen molar-refractivity contribution < 1.29 is 18.3 Å². The van der Waals surface area contributed by atoms with Crippen molar-refractivity contribution >= 4 is 23.1 Å². The molecule has 0 amide bonds. The third-order valence-electron chi connectivity index (χ3n) is 4.31. The standard InChI is InChI=1S/C20H23F2NO2S/c1-5-14-7-6-8-17(23-20(26)24-4)16(14)11-25-18-10-13(3)12(2)9-15(18)19(21)22/h6-10,19H,5,11H2,1-4H3,(H,23,26). The van der Waals surface area contributed by atoms with Crippen LogP contribution in [0.2, 0.25) is 0 Å². The van der Waals surface area contributed by atoms with E-state index >= 15 is 0 Å². The van der Waals surface area contributed by atoms with E-state index in [9.17, 15) is 8.78 Å². The van der Waals surface area contributed by atoms with Crippen LogP contribution < -0.4 is 10.1 Å². The molecule has 2 aromatic rings. The van der Waals surface area contributed by atoms with Crippen molar-refractivity contribution in [2.45, 2.75) is 40.2 Å². The number of thiocarbonyl (C=S) groups is 1. The zero-order chi connectivity index (χ0) is 19.3. The highest BCUT2D eigenvalue weighted by Gasteiger charge is 2.17. The van der Waals surface area contributed by atoms with E-state index in [0.29, 0.717) is 0 Å². The lowest BCUT2D eigenvalue weighted by Gasteiger charge is -2.18. The molecule has 0 saturated heterocycles. The molecule has 0 fully saturated rings. The molecule has 2 rings (SSSR count). The average molecular weight is 379 g/mol. The van der Waals surface area contributed by atoms with Gasteiger partial charge in [0, 0.05) is 11.3 Å². The van der Waals surface area contributed by atoms with Crippen molar-refractivity contribution in [2.75, 3.05) is 12.4 Å². The maximum Gasteiger partial charge on any atom is 0.267 e. The molecular formula is C20H23F2NO2S. The first-order valence-electron chi connectivity index (χ1n) is 8.35. The summed E-state index contributed by atoms with van der Waals surface area (Å²) in [4.78, 5) is 0. The maximum atomic E-state index is 13.4. The number of nitrogens with one attached hydrogen (secondary N) is 1. The summed E-state index contributed by atoms with van der Waals surface area (Å²) in [6.07, 6.45) is -1.81. The van der Waals surface area contributed by atoms with E-state index in [-0.39, 0.29) is 23.1 Å². The van der Waals surface area contributed by atoms with Crippen LogP contribution in [0.1, 0.15) is 41.2 Å². The molecule has 0 heterocycles. The Bertz CT molecular complexity index is 794. The van der Waals surface area contributed by atoms with Crippen molar-refractivity contribution in [1.29, 1.82) is 0 Å². The zero-order valence-corrected chi connectivity index (χ0v) is 16.2. The van der Waals surface area contributed by atoms with E-state index in [1.807, 2.05) is 39.0 Å². The number of methoxy groups -OCH3 is 1. The number of benzene rings is 2. The van der Waals surface area contributed by atoms with E-state index < -0.39 is 6.43 Å². The molecule has 0 radical (unpaired) electrons. The number of hydrogen-bond acceptors (Lipinski definition) is 3. The van der Waals surface area contributed by atoms with Gasteiger partial charge in [0.25, 0.3) is 11.6 Å². The Labute approximate surface area is 158 Å². The molecular weight excluding hydrogens is 356 g/mol. The SMILES string of the molecule is CCc1cccc(NC(=S)OC)c1COc1cc(C)c(C)cc1C(F)F. The second-order valence-corrected chi connectivity index (χ2v) is 6.35. The van der Waals surface area contributed by atoms with Gasteiger partial charge in [-0.25, -0.2) is 8.78 Å². The summed E-state index contributed by atoms with van der Waals surface area (Å²) in [5, 5.41) is 3.25. The number of ether oxygens (including phenoxy) is 2. The quantitative estimate of drug-likeness (QED) is 0.650. The molecule has 0 aliphatic heterocycles. The molecule has 0 aromatic heterocycles. The highest BCUT2D eigenvalue weighted by molar-refractivity contribution is 7.80. The first-order chi connectivity index (χ1) is 12.4. The van der Waals surface area contributed by atoms with Gasteiger partial charge in [0.2, 0.25) is 0 Å². The molecule has 6 heteroatoms. The van der Waals surface area contributed by atoms with Crippen molar-refractivity contribution in [3.8, 4) is 5.75 Å². The minimum Gasteiger partial charge on any atom is -0.488 e. The molecule has 26 heavy (non-hydrogen) atoms. The lowest BCUT2D eigenvalue weighted by atomic mass is 10.0. The van der Waals surface area contributed by atoms with Crippen LogP contribution in [0, 0.1) is 13.8 Å². The fraction of sp³-hybridized carbons (Fsp3) is 0.350. The molecule has 0 unspecified atom stereocenters. The number of rotatable bonds is 6. The van der Waals surface area contributed by atoms with Gasteiger partial charge < -0.3 is 14.8 Å². The number of halogens is 2. The van der Waals surface area contributed by atoms with Gasteiger partial charge in [0.15, 0.2) is 0 Å². The van der Waals surface area contributed by atoms with Crippen molar-refractivity contribution in [3.05, 3.63) is 58.1 Å². The van der Waals surface area contributed by atoms with Gasteiger partial charge in [0.1, 0.15) is 12.4 Å². The molecule has 0 atom stereocenters. The Morgan fingerprint density at radius 2 is 1.88 bits per heavy atom. The first-order valence-corrected chi connectivity index (χ1v) is 8.76. The monoisotopic (exact) mass is 379 g/mol. The van der Waals surface area contributed by atoms with Crippen LogP contribution in [0.3, 0.4) is 0 Å². The van der Waals surface area contributed by atoms with Gasteiger partial charge >= 0.3 is 0 Å². The fourth-order valence-corrected chi connectivity index (χ4v) is 2.78. The van der Waals surface area contributed by atoms with E-state index in [0.717, 1.165) is 34.4 Å². The predicted octanol–water partition coefficient (Wildman–Crippen LogP) is 5.73. The molecule has 0 bridgehead atoms. The fourth-order valence-electron chi connectivity index (χ4n) is 2.67. The van der Waals surface area contributed by atoms with Crippen LogP contribution in [0.15, 0.2) is 30.3 Å². The summed E-state index contributed by atoms with van der Waals surface area (Å²) in [6, 6.07) is 8.90. The average Bonchev–Trinajstić information content (AvgIpc) is 2.62. The van der Waals surface area contributed by atoms with Crippen LogP contribution in [-0.4, -0.2) is 12.3 Å². The van der Waals surface area contributed by atoms with Gasteiger partial charge in [-0.2, -0.15) is 0 Å². The topological polar surface area (TPSA) is 30.5 Å². The summed E-state index contributed by atoms with van der Waals surface area (Å²) in [6.45, 7) is 5.87. The summed E-state index contributed by atoms with van der Waals surface area (Å²) in [5.41, 5.74) is 4.30. The molecule has 0 aliphatic carbocycles. The van der Waals surface area contributed by atoms with Gasteiger partial charge in [0.05, 0.1) is 12.7 Å². The molecule has 0 saturated carbocycles. The second kappa shape index (κ2) is 8.94. The molecule has 3 nitrogen and oxygen atoms in total. The van der Waals surface area contributed by atoms with Crippen LogP contribution in [0.4, 0.5) is 14.5 Å². The molecule has 2 aromatic carbocycles. The number of alkyl halides is 2. The Hall–Kier alpha value is -2.21. The molecule has 0 spiro atoms. The van der Waals surface area contributed by atoms with Crippen LogP contribution in [-0.2, 0) is 17.8 Å². The van der Waals surface area contributed by atoms with Gasteiger partial charge in [-0.05, 0) is 67.4 Å². The van der Waals surface area contributed by atoms with Crippen LogP contribution >= 0.6 is 12.2 Å². The summed E-state index contributed by atoms with van der Waals surface area (Å²) >= 11 is 5.07. The largest absolute Gasteiger partial charge is 0.488 e. The normalized spacial score (nSPS) is 10.7. The van der Waals surface area contributed by atoms with Gasteiger partial charge in [-0.3, -0.25) is 0 Å². The summed E-state index contributed by atoms with van der Waals surface area (Å²) in [7, 11) is 1.49. The van der Waals surface area contributed by atoms with Crippen molar-refractivity contribution in [2.24, 2.45) is 0 Å². The Kier molecular flexibility index (Phi) is 6.91. The minimum absolute atomic E-state index is 0.0935. The second-order valence-electron chi connectivity index (χ2n) is 5.98. The Morgan fingerprint density at radius 1 is 1.19 bits per heavy atom. The first kappa shape index (κ1) is 20.1. The van der Waals surface area contributed by atoms with Crippen LogP contribution in [0.5, 0.6) is 5.75 Å². The zero-order valence-electron chi connectivity index (χ0n) is 15.4. The van der Waals surface area contributed by atoms with E-state index in [4.69, 9.17) is 21.7 Å². The van der Waals surface area contributed by atoms with E-state index in [1.165, 1.54) is 13.2 Å². The molecule has 140 valence electrons. The smallest absolute Gasteiger partial charge is 0.267 e. The van der Waals surface area contributed by atoms with Gasteiger partial charge in [-0.15, -0.1) is 0 Å². The molecule has 1 N–H and O–H groups in total. The highest BCUT2D eigenvalue weighted by Crippen LogP contribution is 2.33. The lowest BCUT2D eigenvalue weighted by Crippen LogP contribution is -2.14. The third-order valence-corrected chi connectivity index (χ3v) is 4.58. The summed E-state index contributed by atoms with van der Waals surface area (Å²) < 4.78 is 37.6. The lowest BCUT2D eigenvalue weighted by molar-refractivity contribution is 0.144. The molecule has 0 aliphatic rings. The van der Waals surface area contributed by atoms with Crippen molar-refractivity contribution in [3.63, 3.8) is 0 Å². The number of aryl methyl sites for hydroxylation is 3. The number of anilines is 1. The van der Waals surface area contributed by atoms with E-state index in [2.05, 4.69) is 5.32 Å². The van der Waals surface area contributed by atoms with E-state index in [1.54, 1.807) is 6.07 Å². The summed E-state index contributed by atoms with van der Waals surface area (Å²) in [5.74, 6) is 0.203. The van der Waals surface area contributed by atoms with Crippen molar-refractivity contribution in [1.82, 2.24) is 0 Å². The third kappa shape index (κ3) is 4.69. The number of hydrogen-bond donors (Lipinski definition) is 1. The Morgan fingerprint density at radius 3 is 2.50 bits per heavy atom. The van der Waals surface area contributed by atoms with Crippen LogP contribution in [0.25, 0.3) is 0 Å². The highest BCUT2D eigenvalue weighted by atomic mass is 32.1. The van der Waals surface area contributed by atoms with Gasteiger partial charge in [-0.1, -0.05) is 19.1 Å². The Balaban J connectivity index is 2.35.